The lowest BCUT2D eigenvalue weighted by atomic mass is 10.0. The van der Waals surface area contributed by atoms with Crippen molar-refractivity contribution in [2.45, 2.75) is 134 Å². The molecule has 14 heteroatoms. The summed E-state index contributed by atoms with van der Waals surface area (Å²) < 4.78 is 26.2. The highest BCUT2D eigenvalue weighted by atomic mass is 32.2. The van der Waals surface area contributed by atoms with E-state index in [2.05, 4.69) is 15.4 Å². The molecule has 274 valence electrons. The molecule has 5 rings (SSSR count). The predicted octanol–water partition coefficient (Wildman–Crippen LogP) is 3.98. The summed E-state index contributed by atoms with van der Waals surface area (Å²) >= 11 is 0. The van der Waals surface area contributed by atoms with Gasteiger partial charge in [0.15, 0.2) is 0 Å². The summed E-state index contributed by atoms with van der Waals surface area (Å²) in [4.78, 5) is 71.4. The Balaban J connectivity index is 1.40. The van der Waals surface area contributed by atoms with E-state index in [1.54, 1.807) is 46.4 Å². The molecule has 1 aromatic rings. The molecule has 50 heavy (non-hydrogen) atoms. The highest BCUT2D eigenvalue weighted by molar-refractivity contribution is 7.85. The predicted molar refractivity (Wildman–Crippen MR) is 186 cm³/mol. The Labute approximate surface area is 296 Å². The molecule has 3 N–H and O–H groups in total. The number of allylic oxidation sites excluding steroid dienone is 1. The van der Waals surface area contributed by atoms with Crippen LogP contribution >= 0.6 is 0 Å². The molecule has 0 aromatic heterocycles. The second kappa shape index (κ2) is 14.7. The first kappa shape index (κ1) is 37.3. The fourth-order valence-corrected chi connectivity index (χ4v) is 7.28. The van der Waals surface area contributed by atoms with Crippen LogP contribution in [-0.2, 0) is 47.9 Å². The smallest absolute Gasteiger partial charge is 0.410 e. The number of nitrogens with zero attached hydrogens (tertiary/aromatic N) is 2. The monoisotopic (exact) mass is 713 g/mol. The van der Waals surface area contributed by atoms with E-state index >= 15 is 0 Å². The number of benzene rings is 1. The Morgan fingerprint density at radius 2 is 1.68 bits per heavy atom. The van der Waals surface area contributed by atoms with Crippen LogP contribution in [-0.4, -0.2) is 84.5 Å². The molecule has 4 aliphatic rings. The molecule has 0 unspecified atom stereocenters. The van der Waals surface area contributed by atoms with E-state index in [9.17, 15) is 28.2 Å². The molecular weight excluding hydrogens is 662 g/mol. The Bertz CT molecular complexity index is 1530. The van der Waals surface area contributed by atoms with Crippen LogP contribution in [0.3, 0.4) is 0 Å². The van der Waals surface area contributed by atoms with E-state index in [0.29, 0.717) is 32.4 Å². The van der Waals surface area contributed by atoms with Crippen molar-refractivity contribution in [2.75, 3.05) is 6.54 Å². The maximum absolute atomic E-state index is 14.3. The van der Waals surface area contributed by atoms with Crippen molar-refractivity contribution in [3.05, 3.63) is 47.5 Å². The molecule has 1 aromatic carbocycles. The highest BCUT2D eigenvalue weighted by Crippen LogP contribution is 2.46. The minimum atomic E-state index is -1.72. The molecule has 0 spiro atoms. The first-order valence-electron chi connectivity index (χ1n) is 17.5. The van der Waals surface area contributed by atoms with Crippen LogP contribution in [0.2, 0.25) is 0 Å². The van der Waals surface area contributed by atoms with Crippen molar-refractivity contribution in [1.29, 1.82) is 0 Å². The van der Waals surface area contributed by atoms with Gasteiger partial charge < -0.3 is 25.0 Å². The van der Waals surface area contributed by atoms with Gasteiger partial charge in [-0.3, -0.25) is 24.0 Å². The Morgan fingerprint density at radius 1 is 1.00 bits per heavy atom. The Kier molecular flexibility index (Phi) is 11.0. The van der Waals surface area contributed by atoms with Gasteiger partial charge in [-0.25, -0.2) is 13.8 Å². The minimum absolute atomic E-state index is 0.00458. The van der Waals surface area contributed by atoms with Gasteiger partial charge in [0, 0.05) is 25.4 Å². The summed E-state index contributed by atoms with van der Waals surface area (Å²) in [6, 6.07) is 5.64. The van der Waals surface area contributed by atoms with E-state index in [0.717, 1.165) is 30.4 Å². The maximum Gasteiger partial charge on any atom is 0.410 e. The van der Waals surface area contributed by atoms with Crippen molar-refractivity contribution < 1.29 is 37.7 Å². The zero-order valence-electron chi connectivity index (χ0n) is 29.9. The fraction of sp³-hybridized carbons (Fsp3) is 0.639. The van der Waals surface area contributed by atoms with Gasteiger partial charge in [-0.2, -0.15) is 0 Å². The van der Waals surface area contributed by atoms with E-state index in [1.165, 1.54) is 4.90 Å². The van der Waals surface area contributed by atoms with Gasteiger partial charge in [0.2, 0.25) is 11.8 Å². The van der Waals surface area contributed by atoms with Crippen LogP contribution in [0.1, 0.15) is 97.6 Å². The number of nitrogens with one attached hydrogen (secondary N) is 3. The van der Waals surface area contributed by atoms with Crippen LogP contribution in [0.25, 0.3) is 0 Å². The number of carbonyl (C=O) groups excluding carboxylic acids is 5. The summed E-state index contributed by atoms with van der Waals surface area (Å²) in [6.07, 6.45) is 5.36. The molecule has 1 saturated heterocycles. The highest BCUT2D eigenvalue weighted by Gasteiger charge is 2.61. The number of rotatable bonds is 4. The van der Waals surface area contributed by atoms with E-state index in [-0.39, 0.29) is 18.9 Å². The van der Waals surface area contributed by atoms with Crippen molar-refractivity contribution in [1.82, 2.24) is 25.2 Å². The van der Waals surface area contributed by atoms with Gasteiger partial charge >= 0.3 is 12.2 Å². The van der Waals surface area contributed by atoms with Gasteiger partial charge in [-0.05, 0) is 78.4 Å². The van der Waals surface area contributed by atoms with Crippen molar-refractivity contribution in [3.8, 4) is 0 Å². The Morgan fingerprint density at radius 3 is 2.32 bits per heavy atom. The zero-order valence-corrected chi connectivity index (χ0v) is 30.7. The number of carbonyl (C=O) groups is 5. The molecular formula is C36H51N5O8S. The van der Waals surface area contributed by atoms with Crippen molar-refractivity contribution in [2.24, 2.45) is 5.92 Å². The first-order chi connectivity index (χ1) is 23.5. The van der Waals surface area contributed by atoms with Crippen molar-refractivity contribution in [3.63, 3.8) is 0 Å². The third-order valence-corrected chi connectivity index (χ3v) is 10.9. The molecule has 3 heterocycles. The molecule has 6 atom stereocenters. The molecule has 5 amide bonds. The van der Waals surface area contributed by atoms with Crippen LogP contribution in [0.15, 0.2) is 36.4 Å². The van der Waals surface area contributed by atoms with Gasteiger partial charge in [0.1, 0.15) is 40.3 Å². The molecule has 1 saturated carbocycles. The topological polar surface area (TPSA) is 163 Å². The van der Waals surface area contributed by atoms with Gasteiger partial charge in [0.25, 0.3) is 5.91 Å². The van der Waals surface area contributed by atoms with Crippen LogP contribution in [0.5, 0.6) is 0 Å². The number of fused-ring (bicyclic) bond motifs is 3. The largest absolute Gasteiger partial charge is 0.444 e. The Hall–Kier alpha value is -3.94. The number of hydrogen-bond acceptors (Lipinski definition) is 8. The van der Waals surface area contributed by atoms with Gasteiger partial charge in [0.05, 0.1) is 11.3 Å². The molecule has 2 fully saturated rings. The van der Waals surface area contributed by atoms with Crippen LogP contribution in [0.4, 0.5) is 9.59 Å². The number of hydrogen-bond donors (Lipinski definition) is 3. The van der Waals surface area contributed by atoms with E-state index < -0.39 is 75.0 Å². The van der Waals surface area contributed by atoms with E-state index in [4.69, 9.17) is 9.47 Å². The lowest BCUT2D eigenvalue weighted by Gasteiger charge is -2.30. The zero-order chi connectivity index (χ0) is 36.4. The second-order valence-corrected chi connectivity index (χ2v) is 17.7. The number of ether oxygens (including phenoxy) is 2. The molecule has 1 aliphatic carbocycles. The lowest BCUT2D eigenvalue weighted by molar-refractivity contribution is -0.141. The third-order valence-electron chi connectivity index (χ3n) is 9.44. The summed E-state index contributed by atoms with van der Waals surface area (Å²) in [5, 5.41) is 5.64. The quantitative estimate of drug-likeness (QED) is 0.395. The van der Waals surface area contributed by atoms with Crippen LogP contribution < -0.4 is 15.4 Å². The summed E-state index contributed by atoms with van der Waals surface area (Å²) in [5.74, 6) is -1.99. The summed E-state index contributed by atoms with van der Waals surface area (Å²) in [7, 11) is -1.72. The molecule has 0 bridgehead atoms. The number of alkyl carbamates (subject to hydrolysis) is 1. The molecule has 13 nitrogen and oxygen atoms in total. The van der Waals surface area contributed by atoms with Crippen molar-refractivity contribution >= 4 is 40.9 Å². The average molecular weight is 714 g/mol. The maximum atomic E-state index is 14.3. The standard InChI is InChI=1S/C36H51N5O8S/c1-34(2,3)49-32(45)37-27-17-11-9-7-8-10-16-25-19-36(25,31(44)39-50(47)35(4,5)6)38-29(42)28-18-26(22-41(28)30(27)43)48-33(46)40-20-23-14-12-13-15-24(23)21-40/h10,12-16,25-28H,7-9,11,17-22H2,1-6H3,(H,37,45)(H,38,42)(H,39,44)/t25-,26-,27+,28+,36-,50+/m1/s1. The van der Waals surface area contributed by atoms with Gasteiger partial charge in [-0.15, -0.1) is 0 Å². The number of amides is 5. The van der Waals surface area contributed by atoms with Crippen LogP contribution in [0, 0.1) is 5.92 Å². The minimum Gasteiger partial charge on any atom is -0.444 e. The average Bonchev–Trinajstić information content (AvgIpc) is 3.33. The third kappa shape index (κ3) is 8.85. The second-order valence-electron chi connectivity index (χ2n) is 15.7. The van der Waals surface area contributed by atoms with E-state index in [1.807, 2.05) is 36.4 Å². The fourth-order valence-electron chi connectivity index (χ4n) is 6.62. The normalized spacial score (nSPS) is 27.8. The molecule has 0 radical (unpaired) electrons. The summed E-state index contributed by atoms with van der Waals surface area (Å²) in [6.45, 7) is 11.1. The lowest BCUT2D eigenvalue weighted by Crippen LogP contribution is -2.58. The SMILES string of the molecule is CC(C)(C)OC(=O)N[C@H]1CCCCCC=C[C@@H]2C[C@@]2(C(=O)N[S@@](=O)C(C)(C)C)NC(=O)[C@@H]2C[C@@H](OC(=O)N3Cc4ccccc4C3)CN2C1=O. The summed E-state index contributed by atoms with van der Waals surface area (Å²) in [5.41, 5.74) is -0.0968. The van der Waals surface area contributed by atoms with Gasteiger partial charge in [-0.1, -0.05) is 49.3 Å². The first-order valence-corrected chi connectivity index (χ1v) is 18.7. The molecule has 3 aliphatic heterocycles.